The van der Waals surface area contributed by atoms with Crippen LogP contribution >= 0.6 is 11.8 Å². The first-order valence-electron chi connectivity index (χ1n) is 6.27. The Balaban J connectivity index is 1.84. The highest BCUT2D eigenvalue weighted by molar-refractivity contribution is 7.99. The molecule has 0 unspecified atom stereocenters. The highest BCUT2D eigenvalue weighted by atomic mass is 32.2. The van der Waals surface area contributed by atoms with Crippen molar-refractivity contribution < 1.29 is 8.42 Å². The van der Waals surface area contributed by atoms with Crippen LogP contribution in [0.2, 0.25) is 0 Å². The first-order chi connectivity index (χ1) is 8.62. The Kier molecular flexibility index (Phi) is 4.70. The molecule has 1 fully saturated rings. The van der Waals surface area contributed by atoms with E-state index >= 15 is 0 Å². The van der Waals surface area contributed by atoms with Gasteiger partial charge in [0.05, 0.1) is 5.75 Å². The van der Waals surface area contributed by atoms with Gasteiger partial charge in [0.2, 0.25) is 10.0 Å². The molecule has 1 saturated heterocycles. The molecular weight excluding hydrogens is 266 g/mol. The minimum absolute atomic E-state index is 0.214. The number of hydrogen-bond donors (Lipinski definition) is 0. The van der Waals surface area contributed by atoms with Gasteiger partial charge in [-0.15, -0.1) is 11.8 Å². The third kappa shape index (κ3) is 3.49. The third-order valence-electron chi connectivity index (χ3n) is 3.24. The fourth-order valence-corrected chi connectivity index (χ4v) is 4.34. The Hall–Kier alpha value is -0.520. The van der Waals surface area contributed by atoms with Gasteiger partial charge in [0.1, 0.15) is 0 Å². The Morgan fingerprint density at radius 2 is 2.06 bits per heavy atom. The van der Waals surface area contributed by atoms with E-state index in [9.17, 15) is 8.42 Å². The van der Waals surface area contributed by atoms with Crippen LogP contribution in [-0.4, -0.2) is 37.3 Å². The van der Waals surface area contributed by atoms with Gasteiger partial charge in [-0.25, -0.2) is 12.7 Å². The molecule has 0 spiro atoms. The van der Waals surface area contributed by atoms with Crippen LogP contribution in [0.3, 0.4) is 0 Å². The molecule has 0 aliphatic carbocycles. The molecule has 1 aromatic rings. The van der Waals surface area contributed by atoms with Crippen LogP contribution in [0.5, 0.6) is 0 Å². The van der Waals surface area contributed by atoms with Crippen molar-refractivity contribution in [2.45, 2.75) is 18.2 Å². The number of nitrogens with zero attached hydrogens (tertiary/aromatic N) is 1. The van der Waals surface area contributed by atoms with Crippen molar-refractivity contribution in [3.05, 3.63) is 30.3 Å². The zero-order valence-corrected chi connectivity index (χ0v) is 12.2. The van der Waals surface area contributed by atoms with Crippen molar-refractivity contribution in [1.82, 2.24) is 4.31 Å². The van der Waals surface area contributed by atoms with Gasteiger partial charge < -0.3 is 0 Å². The first kappa shape index (κ1) is 13.9. The predicted octanol–water partition coefficient (Wildman–Crippen LogP) is 2.45. The van der Waals surface area contributed by atoms with E-state index in [0.717, 1.165) is 12.2 Å². The van der Waals surface area contributed by atoms with Crippen molar-refractivity contribution in [3.63, 3.8) is 0 Å². The zero-order chi connectivity index (χ0) is 13.0. The normalized spacial score (nSPS) is 21.3. The smallest absolute Gasteiger partial charge is 0.212 e. The Labute approximate surface area is 114 Å². The SMILES string of the molecule is CCS(=O)(=O)N1CC[C@H](CSc2ccccc2)C1. The molecule has 18 heavy (non-hydrogen) atoms. The molecule has 5 heteroatoms. The minimum Gasteiger partial charge on any atom is -0.212 e. The summed E-state index contributed by atoms with van der Waals surface area (Å²) in [5, 5.41) is 0. The summed E-state index contributed by atoms with van der Waals surface area (Å²) in [5.41, 5.74) is 0. The van der Waals surface area contributed by atoms with Crippen molar-refractivity contribution in [1.29, 1.82) is 0 Å². The fraction of sp³-hybridized carbons (Fsp3) is 0.538. The lowest BCUT2D eigenvalue weighted by atomic mass is 10.2. The van der Waals surface area contributed by atoms with E-state index < -0.39 is 10.0 Å². The van der Waals surface area contributed by atoms with E-state index in [2.05, 4.69) is 12.1 Å². The van der Waals surface area contributed by atoms with E-state index in [1.165, 1.54) is 4.90 Å². The van der Waals surface area contributed by atoms with Gasteiger partial charge in [0, 0.05) is 23.7 Å². The number of rotatable bonds is 5. The standard InChI is InChI=1S/C13H19NO2S2/c1-2-18(15,16)14-9-8-12(10-14)11-17-13-6-4-3-5-7-13/h3-7,12H,2,8-11H2,1H3/t12-/m0/s1. The molecule has 100 valence electrons. The van der Waals surface area contributed by atoms with Gasteiger partial charge in [-0.2, -0.15) is 0 Å². The number of thioether (sulfide) groups is 1. The summed E-state index contributed by atoms with van der Waals surface area (Å²) >= 11 is 1.82. The monoisotopic (exact) mass is 285 g/mol. The Morgan fingerprint density at radius 1 is 1.33 bits per heavy atom. The minimum atomic E-state index is -2.99. The van der Waals surface area contributed by atoms with E-state index in [1.807, 2.05) is 30.0 Å². The zero-order valence-electron chi connectivity index (χ0n) is 10.6. The maximum absolute atomic E-state index is 11.7. The molecule has 2 rings (SSSR count). The molecule has 1 aliphatic heterocycles. The van der Waals surface area contributed by atoms with E-state index in [4.69, 9.17) is 0 Å². The van der Waals surface area contributed by atoms with Crippen LogP contribution in [0.1, 0.15) is 13.3 Å². The lowest BCUT2D eigenvalue weighted by Gasteiger charge is -2.15. The van der Waals surface area contributed by atoms with Crippen LogP contribution in [0, 0.1) is 5.92 Å². The Morgan fingerprint density at radius 3 is 2.72 bits per heavy atom. The molecule has 0 N–H and O–H groups in total. The van der Waals surface area contributed by atoms with Crippen molar-refractivity contribution in [2.24, 2.45) is 5.92 Å². The molecule has 0 saturated carbocycles. The van der Waals surface area contributed by atoms with E-state index in [0.29, 0.717) is 19.0 Å². The van der Waals surface area contributed by atoms with Crippen LogP contribution in [-0.2, 0) is 10.0 Å². The summed E-state index contributed by atoms with van der Waals surface area (Å²) in [6.07, 6.45) is 0.985. The second-order valence-corrected chi connectivity index (χ2v) is 7.89. The topological polar surface area (TPSA) is 37.4 Å². The van der Waals surface area contributed by atoms with Crippen molar-refractivity contribution >= 4 is 21.8 Å². The third-order valence-corrected chi connectivity index (χ3v) is 6.33. The largest absolute Gasteiger partial charge is 0.213 e. The maximum Gasteiger partial charge on any atom is 0.213 e. The van der Waals surface area contributed by atoms with Crippen LogP contribution in [0.25, 0.3) is 0 Å². The van der Waals surface area contributed by atoms with Crippen LogP contribution in [0.15, 0.2) is 35.2 Å². The molecule has 0 amide bonds. The quantitative estimate of drug-likeness (QED) is 0.780. The average molecular weight is 285 g/mol. The molecule has 0 bridgehead atoms. The fourth-order valence-electron chi connectivity index (χ4n) is 2.10. The second kappa shape index (κ2) is 6.08. The van der Waals surface area contributed by atoms with Crippen LogP contribution in [0.4, 0.5) is 0 Å². The average Bonchev–Trinajstić information content (AvgIpc) is 2.87. The molecule has 0 radical (unpaired) electrons. The lowest BCUT2D eigenvalue weighted by molar-refractivity contribution is 0.466. The van der Waals surface area contributed by atoms with Gasteiger partial charge in [-0.1, -0.05) is 18.2 Å². The van der Waals surface area contributed by atoms with Crippen LogP contribution < -0.4 is 0 Å². The lowest BCUT2D eigenvalue weighted by Crippen LogP contribution is -2.30. The summed E-state index contributed by atoms with van der Waals surface area (Å²) in [6.45, 7) is 3.09. The molecule has 0 aromatic heterocycles. The van der Waals surface area contributed by atoms with Crippen molar-refractivity contribution in [2.75, 3.05) is 24.6 Å². The molecule has 1 atom stereocenters. The first-order valence-corrected chi connectivity index (χ1v) is 8.87. The Bertz CT molecular complexity index is 473. The van der Waals surface area contributed by atoms with E-state index in [-0.39, 0.29) is 5.75 Å². The van der Waals surface area contributed by atoms with Gasteiger partial charge in [0.25, 0.3) is 0 Å². The molecule has 1 heterocycles. The van der Waals surface area contributed by atoms with Gasteiger partial charge >= 0.3 is 0 Å². The molecule has 3 nitrogen and oxygen atoms in total. The molecule has 1 aromatic carbocycles. The summed E-state index contributed by atoms with van der Waals surface area (Å²) in [5.74, 6) is 1.70. The van der Waals surface area contributed by atoms with Crippen molar-refractivity contribution in [3.8, 4) is 0 Å². The van der Waals surface area contributed by atoms with Gasteiger partial charge in [0.15, 0.2) is 0 Å². The highest BCUT2D eigenvalue weighted by Crippen LogP contribution is 2.27. The number of benzene rings is 1. The molecule has 1 aliphatic rings. The van der Waals surface area contributed by atoms with Gasteiger partial charge in [-0.3, -0.25) is 0 Å². The predicted molar refractivity (Wildman–Crippen MR) is 76.3 cm³/mol. The number of hydrogen-bond acceptors (Lipinski definition) is 3. The highest BCUT2D eigenvalue weighted by Gasteiger charge is 2.29. The second-order valence-electron chi connectivity index (χ2n) is 4.54. The summed E-state index contributed by atoms with van der Waals surface area (Å²) in [6, 6.07) is 10.3. The molecular formula is C13H19NO2S2. The van der Waals surface area contributed by atoms with E-state index in [1.54, 1.807) is 11.2 Å². The summed E-state index contributed by atoms with van der Waals surface area (Å²) < 4.78 is 25.1. The maximum atomic E-state index is 11.7. The summed E-state index contributed by atoms with van der Waals surface area (Å²) in [4.78, 5) is 1.26. The summed E-state index contributed by atoms with van der Waals surface area (Å²) in [7, 11) is -2.99. The van der Waals surface area contributed by atoms with Gasteiger partial charge in [-0.05, 0) is 31.4 Å². The number of sulfonamides is 1.